The minimum Gasteiger partial charge on any atom is -0.506 e. The van der Waals surface area contributed by atoms with E-state index in [-0.39, 0.29) is 16.2 Å². The van der Waals surface area contributed by atoms with Gasteiger partial charge in [-0.3, -0.25) is 4.79 Å². The number of nitrogens with one attached hydrogen (secondary N) is 1. The monoisotopic (exact) mass is 363 g/mol. The van der Waals surface area contributed by atoms with Crippen LogP contribution in [0.3, 0.4) is 0 Å². The van der Waals surface area contributed by atoms with Crippen molar-refractivity contribution in [1.82, 2.24) is 0 Å². The first-order valence-electron chi connectivity index (χ1n) is 7.21. The average molecular weight is 363 g/mol. The lowest BCUT2D eigenvalue weighted by Crippen LogP contribution is -2.09. The molecule has 0 unspecified atom stereocenters. The van der Waals surface area contributed by atoms with Gasteiger partial charge in [-0.25, -0.2) is 0 Å². The molecule has 0 saturated carbocycles. The van der Waals surface area contributed by atoms with Crippen molar-refractivity contribution in [3.63, 3.8) is 0 Å². The number of anilines is 1. The third-order valence-electron chi connectivity index (χ3n) is 3.42. The molecule has 1 aromatic heterocycles. The molecular formula is C18H12F3NO2S. The van der Waals surface area contributed by atoms with E-state index in [1.165, 1.54) is 18.2 Å². The van der Waals surface area contributed by atoms with Gasteiger partial charge in [0.1, 0.15) is 10.6 Å². The number of carbonyl (C=O) groups is 1. The van der Waals surface area contributed by atoms with Crippen LogP contribution in [0.4, 0.5) is 18.9 Å². The van der Waals surface area contributed by atoms with Gasteiger partial charge in [-0.05, 0) is 35.9 Å². The highest BCUT2D eigenvalue weighted by Gasteiger charge is 2.30. The lowest BCUT2D eigenvalue weighted by molar-refractivity contribution is -0.137. The van der Waals surface area contributed by atoms with E-state index in [0.717, 1.165) is 23.5 Å². The van der Waals surface area contributed by atoms with E-state index in [9.17, 15) is 23.1 Å². The van der Waals surface area contributed by atoms with E-state index in [1.807, 2.05) is 0 Å². The number of halogens is 3. The molecule has 2 aromatic carbocycles. The third kappa shape index (κ3) is 3.83. The van der Waals surface area contributed by atoms with Crippen molar-refractivity contribution >= 4 is 22.9 Å². The van der Waals surface area contributed by atoms with E-state index < -0.39 is 17.6 Å². The maximum atomic E-state index is 12.8. The van der Waals surface area contributed by atoms with Gasteiger partial charge in [0.2, 0.25) is 0 Å². The topological polar surface area (TPSA) is 49.3 Å². The number of carbonyl (C=O) groups excluding carboxylic acids is 1. The van der Waals surface area contributed by atoms with Crippen LogP contribution in [0.25, 0.3) is 10.4 Å². The second-order valence-corrected chi connectivity index (χ2v) is 6.28. The van der Waals surface area contributed by atoms with Crippen LogP contribution in [0.5, 0.6) is 5.75 Å². The highest BCUT2D eigenvalue weighted by atomic mass is 32.1. The van der Waals surface area contributed by atoms with Crippen molar-refractivity contribution in [1.29, 1.82) is 0 Å². The third-order valence-corrected chi connectivity index (χ3v) is 4.60. The summed E-state index contributed by atoms with van der Waals surface area (Å²) in [6.07, 6.45) is -4.46. The molecule has 0 spiro atoms. The molecule has 3 nitrogen and oxygen atoms in total. The quantitative estimate of drug-likeness (QED) is 0.655. The number of hydrogen-bond donors (Lipinski definition) is 2. The number of para-hydroxylation sites is 1. The summed E-state index contributed by atoms with van der Waals surface area (Å²) in [4.78, 5) is 12.7. The summed E-state index contributed by atoms with van der Waals surface area (Å²) >= 11 is 0.930. The second-order valence-electron chi connectivity index (χ2n) is 5.22. The van der Waals surface area contributed by atoms with E-state index >= 15 is 0 Å². The van der Waals surface area contributed by atoms with Crippen LogP contribution in [0, 0.1) is 0 Å². The normalized spacial score (nSPS) is 11.3. The van der Waals surface area contributed by atoms with E-state index in [0.29, 0.717) is 10.6 Å². The summed E-state index contributed by atoms with van der Waals surface area (Å²) in [6, 6.07) is 14.7. The highest BCUT2D eigenvalue weighted by Crippen LogP contribution is 2.38. The van der Waals surface area contributed by atoms with Crippen LogP contribution in [-0.4, -0.2) is 11.0 Å². The first-order valence-corrected chi connectivity index (χ1v) is 8.03. The Morgan fingerprint density at radius 1 is 1.00 bits per heavy atom. The van der Waals surface area contributed by atoms with Crippen LogP contribution in [0.2, 0.25) is 0 Å². The minimum absolute atomic E-state index is 0.0382. The zero-order valence-electron chi connectivity index (χ0n) is 12.7. The SMILES string of the molecule is O=C(Nc1ccccc1)c1sc(-c2cccc(C(F)(F)F)c2)cc1O. The van der Waals surface area contributed by atoms with Gasteiger partial charge in [0.15, 0.2) is 0 Å². The molecule has 1 heterocycles. The minimum atomic E-state index is -4.46. The number of rotatable bonds is 3. The van der Waals surface area contributed by atoms with Crippen LogP contribution in [0.1, 0.15) is 15.2 Å². The molecule has 0 aliphatic rings. The zero-order valence-corrected chi connectivity index (χ0v) is 13.5. The Hall–Kier alpha value is -2.80. The molecular weight excluding hydrogens is 351 g/mol. The van der Waals surface area contributed by atoms with Crippen molar-refractivity contribution in [2.75, 3.05) is 5.32 Å². The van der Waals surface area contributed by atoms with Crippen molar-refractivity contribution in [3.05, 3.63) is 71.1 Å². The van der Waals surface area contributed by atoms with Crippen LogP contribution in [0.15, 0.2) is 60.7 Å². The predicted molar refractivity (Wildman–Crippen MR) is 90.8 cm³/mol. The maximum Gasteiger partial charge on any atom is 0.416 e. The Balaban J connectivity index is 1.89. The number of alkyl halides is 3. The maximum absolute atomic E-state index is 12.8. The fourth-order valence-corrected chi connectivity index (χ4v) is 3.19. The fourth-order valence-electron chi connectivity index (χ4n) is 2.24. The molecule has 3 rings (SSSR count). The van der Waals surface area contributed by atoms with E-state index in [1.54, 1.807) is 30.3 Å². The Kier molecular flexibility index (Phi) is 4.50. The number of amides is 1. The molecule has 128 valence electrons. The standard InChI is InChI=1S/C18H12F3NO2S/c19-18(20,21)12-6-4-5-11(9-12)15-10-14(23)16(25-15)17(24)22-13-7-2-1-3-8-13/h1-10,23H,(H,22,24). The van der Waals surface area contributed by atoms with Crippen LogP contribution >= 0.6 is 11.3 Å². The molecule has 2 N–H and O–H groups in total. The number of thiophene rings is 1. The van der Waals surface area contributed by atoms with Gasteiger partial charge < -0.3 is 10.4 Å². The fraction of sp³-hybridized carbons (Fsp3) is 0.0556. The lowest BCUT2D eigenvalue weighted by atomic mass is 10.1. The summed E-state index contributed by atoms with van der Waals surface area (Å²) in [5.41, 5.74) is 0.0583. The van der Waals surface area contributed by atoms with Gasteiger partial charge in [-0.2, -0.15) is 13.2 Å². The highest BCUT2D eigenvalue weighted by molar-refractivity contribution is 7.17. The molecule has 3 aromatic rings. The summed E-state index contributed by atoms with van der Waals surface area (Å²) in [5.74, 6) is -0.794. The average Bonchev–Trinajstić information content (AvgIpc) is 2.97. The van der Waals surface area contributed by atoms with Gasteiger partial charge in [-0.15, -0.1) is 11.3 Å². The van der Waals surface area contributed by atoms with Gasteiger partial charge in [0.05, 0.1) is 5.56 Å². The largest absolute Gasteiger partial charge is 0.506 e. The number of benzene rings is 2. The Labute approximate surface area is 145 Å². The van der Waals surface area contributed by atoms with Crippen LogP contribution in [-0.2, 0) is 6.18 Å². The first kappa shape index (κ1) is 17.0. The van der Waals surface area contributed by atoms with Crippen LogP contribution < -0.4 is 5.32 Å². The second kappa shape index (κ2) is 6.60. The molecule has 25 heavy (non-hydrogen) atoms. The zero-order chi connectivity index (χ0) is 18.0. The Morgan fingerprint density at radius 3 is 2.40 bits per heavy atom. The number of hydrogen-bond acceptors (Lipinski definition) is 3. The molecule has 0 atom stereocenters. The smallest absolute Gasteiger partial charge is 0.416 e. The molecule has 0 fully saturated rings. The summed E-state index contributed by atoms with van der Waals surface area (Å²) < 4.78 is 38.5. The summed E-state index contributed by atoms with van der Waals surface area (Å²) in [7, 11) is 0. The summed E-state index contributed by atoms with van der Waals surface area (Å²) in [5, 5.41) is 12.6. The molecule has 0 radical (unpaired) electrons. The van der Waals surface area contributed by atoms with Crippen molar-refractivity contribution in [3.8, 4) is 16.2 Å². The van der Waals surface area contributed by atoms with Crippen molar-refractivity contribution < 1.29 is 23.1 Å². The molecule has 0 aliphatic heterocycles. The molecule has 1 amide bonds. The summed E-state index contributed by atoms with van der Waals surface area (Å²) in [6.45, 7) is 0. The lowest BCUT2D eigenvalue weighted by Gasteiger charge is -2.07. The van der Waals surface area contributed by atoms with Gasteiger partial charge in [0, 0.05) is 10.6 Å². The van der Waals surface area contributed by atoms with Crippen molar-refractivity contribution in [2.45, 2.75) is 6.18 Å². The van der Waals surface area contributed by atoms with E-state index in [2.05, 4.69) is 5.32 Å². The molecule has 0 bridgehead atoms. The molecule has 0 aliphatic carbocycles. The van der Waals surface area contributed by atoms with Crippen molar-refractivity contribution in [2.24, 2.45) is 0 Å². The Morgan fingerprint density at radius 2 is 1.72 bits per heavy atom. The Bertz CT molecular complexity index is 904. The predicted octanol–water partition coefficient (Wildman–Crippen LogP) is 5.39. The van der Waals surface area contributed by atoms with Gasteiger partial charge in [-0.1, -0.05) is 30.3 Å². The van der Waals surface area contributed by atoms with Gasteiger partial charge >= 0.3 is 6.18 Å². The molecule has 0 saturated heterocycles. The number of aromatic hydroxyl groups is 1. The van der Waals surface area contributed by atoms with E-state index in [4.69, 9.17) is 0 Å². The van der Waals surface area contributed by atoms with Gasteiger partial charge in [0.25, 0.3) is 5.91 Å². The first-order chi connectivity index (χ1) is 11.8. The molecule has 7 heteroatoms.